The number of halogens is 1. The van der Waals surface area contributed by atoms with Gasteiger partial charge in [0.05, 0.1) is 21.8 Å². The van der Waals surface area contributed by atoms with Gasteiger partial charge in [0, 0.05) is 10.0 Å². The van der Waals surface area contributed by atoms with Crippen molar-refractivity contribution in [2.24, 2.45) is 0 Å². The number of aryl methyl sites for hydroxylation is 1. The minimum absolute atomic E-state index is 0.0507. The van der Waals surface area contributed by atoms with Crippen LogP contribution in [0.4, 0.5) is 5.13 Å². The molecule has 1 fully saturated rings. The third kappa shape index (κ3) is 3.43. The second-order valence-corrected chi connectivity index (χ2v) is 9.48. The molecule has 5 nitrogen and oxygen atoms in total. The lowest BCUT2D eigenvalue weighted by molar-refractivity contribution is -0.132. The average Bonchev–Trinajstić information content (AvgIpc) is 3.32. The molecule has 3 aromatic carbocycles. The normalized spacial score (nSPS) is 17.9. The first-order valence-corrected chi connectivity index (χ1v) is 11.5. The predicted molar refractivity (Wildman–Crippen MR) is 130 cm³/mol. The minimum Gasteiger partial charge on any atom is -0.507 e. The zero-order chi connectivity index (χ0) is 22.4. The van der Waals surface area contributed by atoms with Crippen LogP contribution in [0, 0.1) is 6.92 Å². The Morgan fingerprint density at radius 1 is 1.03 bits per heavy atom. The SMILES string of the molecule is Cc1ccc2nc(N3C(=O)C(=O)/C(=C(/O)c4ccccc4)[C@H]3c3cccc(Br)c3)sc2c1. The Morgan fingerprint density at radius 3 is 2.56 bits per heavy atom. The molecule has 1 aliphatic rings. The third-order valence-corrected chi connectivity index (χ3v) is 6.91. The molecule has 4 aromatic rings. The molecule has 0 aliphatic carbocycles. The smallest absolute Gasteiger partial charge is 0.301 e. The molecule has 158 valence electrons. The molecule has 0 saturated carbocycles. The van der Waals surface area contributed by atoms with Crippen LogP contribution in [0.5, 0.6) is 0 Å². The fraction of sp³-hybridized carbons (Fsp3) is 0.0800. The van der Waals surface area contributed by atoms with Crippen molar-refractivity contribution in [1.82, 2.24) is 4.98 Å². The van der Waals surface area contributed by atoms with Gasteiger partial charge in [0.2, 0.25) is 0 Å². The molecule has 1 aliphatic heterocycles. The van der Waals surface area contributed by atoms with E-state index in [0.717, 1.165) is 20.3 Å². The summed E-state index contributed by atoms with van der Waals surface area (Å²) >= 11 is 4.83. The van der Waals surface area contributed by atoms with Gasteiger partial charge in [0.15, 0.2) is 5.13 Å². The quantitative estimate of drug-likeness (QED) is 0.211. The standard InChI is InChI=1S/C25H17BrN2O3S/c1-14-10-11-18-19(12-14)32-25(27-18)28-21(16-8-5-9-17(26)13-16)20(23(30)24(28)31)22(29)15-6-3-2-4-7-15/h2-13,21,29H,1H3/b22-20+/t21-/m1/s1. The number of amides is 1. The summed E-state index contributed by atoms with van der Waals surface area (Å²) in [4.78, 5) is 32.5. The summed E-state index contributed by atoms with van der Waals surface area (Å²) in [5.74, 6) is -1.64. The number of rotatable bonds is 3. The van der Waals surface area contributed by atoms with Gasteiger partial charge >= 0.3 is 5.91 Å². The maximum Gasteiger partial charge on any atom is 0.301 e. The number of hydrogen-bond acceptors (Lipinski definition) is 5. The van der Waals surface area contributed by atoms with Crippen LogP contribution >= 0.6 is 27.3 Å². The fourth-order valence-corrected chi connectivity index (χ4v) is 5.40. The van der Waals surface area contributed by atoms with Crippen LogP contribution in [-0.4, -0.2) is 21.8 Å². The van der Waals surface area contributed by atoms with Crippen molar-refractivity contribution in [3.8, 4) is 0 Å². The molecular formula is C25H17BrN2O3S. The number of anilines is 1. The number of ketones is 1. The first-order chi connectivity index (χ1) is 15.4. The summed E-state index contributed by atoms with van der Waals surface area (Å²) in [6, 6.07) is 21.2. The van der Waals surface area contributed by atoms with Crippen molar-refractivity contribution in [2.75, 3.05) is 4.90 Å². The van der Waals surface area contributed by atoms with Crippen molar-refractivity contribution in [2.45, 2.75) is 13.0 Å². The number of thiazole rings is 1. The van der Waals surface area contributed by atoms with Crippen molar-refractivity contribution in [3.63, 3.8) is 0 Å². The average molecular weight is 505 g/mol. The van der Waals surface area contributed by atoms with E-state index in [4.69, 9.17) is 0 Å². The Balaban J connectivity index is 1.75. The zero-order valence-electron chi connectivity index (χ0n) is 16.9. The Morgan fingerprint density at radius 2 is 1.81 bits per heavy atom. The molecule has 1 saturated heterocycles. The number of aliphatic hydroxyl groups excluding tert-OH is 1. The van der Waals surface area contributed by atoms with Crippen LogP contribution in [0.15, 0.2) is 82.8 Å². The first-order valence-electron chi connectivity index (χ1n) is 9.93. The van der Waals surface area contributed by atoms with Gasteiger partial charge in [-0.15, -0.1) is 0 Å². The second kappa shape index (κ2) is 8.00. The highest BCUT2D eigenvalue weighted by Crippen LogP contribution is 2.44. The van der Waals surface area contributed by atoms with Gasteiger partial charge in [0.25, 0.3) is 5.78 Å². The van der Waals surface area contributed by atoms with E-state index < -0.39 is 17.7 Å². The Bertz CT molecular complexity index is 1410. The van der Waals surface area contributed by atoms with Crippen LogP contribution in [0.3, 0.4) is 0 Å². The molecule has 0 bridgehead atoms. The van der Waals surface area contributed by atoms with E-state index in [1.54, 1.807) is 24.3 Å². The molecule has 1 atom stereocenters. The van der Waals surface area contributed by atoms with Crippen LogP contribution in [0.25, 0.3) is 16.0 Å². The third-order valence-electron chi connectivity index (χ3n) is 5.39. The molecule has 1 aromatic heterocycles. The van der Waals surface area contributed by atoms with Crippen molar-refractivity contribution in [3.05, 3.63) is 99.5 Å². The van der Waals surface area contributed by atoms with Gasteiger partial charge in [-0.3, -0.25) is 14.5 Å². The van der Waals surface area contributed by atoms with E-state index in [0.29, 0.717) is 16.3 Å². The van der Waals surface area contributed by atoms with Crippen LogP contribution in [-0.2, 0) is 9.59 Å². The highest BCUT2D eigenvalue weighted by atomic mass is 79.9. The molecule has 0 radical (unpaired) electrons. The second-order valence-electron chi connectivity index (χ2n) is 7.56. The van der Waals surface area contributed by atoms with E-state index in [2.05, 4.69) is 20.9 Å². The monoisotopic (exact) mass is 504 g/mol. The number of Topliss-reactive ketones (excluding diaryl/α,β-unsaturated/α-hetero) is 1. The number of carbonyl (C=O) groups excluding carboxylic acids is 2. The van der Waals surface area contributed by atoms with Gasteiger partial charge in [-0.2, -0.15) is 0 Å². The van der Waals surface area contributed by atoms with Gasteiger partial charge in [-0.05, 0) is 42.3 Å². The van der Waals surface area contributed by atoms with Crippen LogP contribution in [0.2, 0.25) is 0 Å². The summed E-state index contributed by atoms with van der Waals surface area (Å²) in [7, 11) is 0. The van der Waals surface area contributed by atoms with Crippen LogP contribution in [0.1, 0.15) is 22.7 Å². The molecule has 0 unspecified atom stereocenters. The molecule has 0 spiro atoms. The summed E-state index contributed by atoms with van der Waals surface area (Å²) in [5.41, 5.74) is 3.07. The van der Waals surface area contributed by atoms with Gasteiger partial charge in [0.1, 0.15) is 5.76 Å². The number of aromatic nitrogens is 1. The molecule has 1 amide bonds. The summed E-state index contributed by atoms with van der Waals surface area (Å²) < 4.78 is 1.73. The topological polar surface area (TPSA) is 70.5 Å². The Kier molecular flexibility index (Phi) is 5.15. The highest BCUT2D eigenvalue weighted by molar-refractivity contribution is 9.10. The molecular weight excluding hydrogens is 488 g/mol. The lowest BCUT2D eigenvalue weighted by atomic mass is 9.95. The molecule has 2 heterocycles. The lowest BCUT2D eigenvalue weighted by Gasteiger charge is -2.23. The number of fused-ring (bicyclic) bond motifs is 1. The molecule has 1 N–H and O–H groups in total. The molecule has 32 heavy (non-hydrogen) atoms. The summed E-state index contributed by atoms with van der Waals surface area (Å²) in [6.45, 7) is 1.99. The van der Waals surface area contributed by atoms with E-state index in [1.165, 1.54) is 16.2 Å². The fourth-order valence-electron chi connectivity index (χ4n) is 3.90. The minimum atomic E-state index is -0.797. The first kappa shape index (κ1) is 20.6. The van der Waals surface area contributed by atoms with Crippen molar-refractivity contribution >= 4 is 60.1 Å². The van der Waals surface area contributed by atoms with Crippen molar-refractivity contribution < 1.29 is 14.7 Å². The van der Waals surface area contributed by atoms with E-state index in [1.807, 2.05) is 55.5 Å². The number of hydrogen-bond donors (Lipinski definition) is 1. The highest BCUT2D eigenvalue weighted by Gasteiger charge is 2.48. The molecule has 5 rings (SSSR count). The largest absolute Gasteiger partial charge is 0.507 e. The summed E-state index contributed by atoms with van der Waals surface area (Å²) in [6.07, 6.45) is 0. The number of benzene rings is 3. The van der Waals surface area contributed by atoms with E-state index in [9.17, 15) is 14.7 Å². The van der Waals surface area contributed by atoms with Crippen LogP contribution < -0.4 is 4.90 Å². The lowest BCUT2D eigenvalue weighted by Crippen LogP contribution is -2.29. The van der Waals surface area contributed by atoms with E-state index >= 15 is 0 Å². The van der Waals surface area contributed by atoms with Crippen molar-refractivity contribution in [1.29, 1.82) is 0 Å². The van der Waals surface area contributed by atoms with E-state index in [-0.39, 0.29) is 11.3 Å². The Labute approximate surface area is 196 Å². The number of carbonyl (C=O) groups is 2. The molecule has 7 heteroatoms. The maximum atomic E-state index is 13.3. The number of nitrogens with zero attached hydrogens (tertiary/aromatic N) is 2. The predicted octanol–water partition coefficient (Wildman–Crippen LogP) is 5.99. The van der Waals surface area contributed by atoms with Gasteiger partial charge < -0.3 is 5.11 Å². The maximum absolute atomic E-state index is 13.3. The Hall–Kier alpha value is -3.29. The number of aliphatic hydroxyl groups is 1. The van der Waals surface area contributed by atoms with Gasteiger partial charge in [-0.25, -0.2) is 4.98 Å². The van der Waals surface area contributed by atoms with Gasteiger partial charge in [-0.1, -0.05) is 75.8 Å². The summed E-state index contributed by atoms with van der Waals surface area (Å²) in [5, 5.41) is 11.5. The zero-order valence-corrected chi connectivity index (χ0v) is 19.4.